The highest BCUT2D eigenvalue weighted by molar-refractivity contribution is 5.91. The molecule has 0 aliphatic rings. The number of nitrogens with one attached hydrogen (secondary N) is 1. The molecule has 0 unspecified atom stereocenters. The summed E-state index contributed by atoms with van der Waals surface area (Å²) in [6.07, 6.45) is 0. The third kappa shape index (κ3) is 6.59. The largest absolute Gasteiger partial charge is 0.455 e. The van der Waals surface area contributed by atoms with Crippen LogP contribution in [0.25, 0.3) is 0 Å². The van der Waals surface area contributed by atoms with Crippen molar-refractivity contribution in [3.8, 4) is 0 Å². The third-order valence-corrected chi connectivity index (χ3v) is 4.63. The van der Waals surface area contributed by atoms with Gasteiger partial charge in [0, 0.05) is 26.7 Å². The third-order valence-electron chi connectivity index (χ3n) is 4.63. The smallest absolute Gasteiger partial charge is 0.287 e. The maximum absolute atomic E-state index is 12.2. The van der Waals surface area contributed by atoms with Crippen molar-refractivity contribution < 1.29 is 13.9 Å². The summed E-state index contributed by atoms with van der Waals surface area (Å²) in [5, 5.41) is 2.78. The van der Waals surface area contributed by atoms with Crippen LogP contribution in [0.1, 0.15) is 33.0 Å². The van der Waals surface area contributed by atoms with Crippen molar-refractivity contribution in [3.05, 3.63) is 94.9 Å². The quantitative estimate of drug-likeness (QED) is 0.526. The van der Waals surface area contributed by atoms with Crippen LogP contribution >= 0.6 is 0 Å². The number of nitrogens with zero attached hydrogens (tertiary/aromatic N) is 1. The van der Waals surface area contributed by atoms with Gasteiger partial charge in [0.15, 0.2) is 5.76 Å². The van der Waals surface area contributed by atoms with Crippen molar-refractivity contribution in [3.63, 3.8) is 0 Å². The molecule has 3 aromatic rings. The first kappa shape index (κ1) is 20.8. The van der Waals surface area contributed by atoms with Gasteiger partial charge in [-0.15, -0.1) is 0 Å². The van der Waals surface area contributed by atoms with Gasteiger partial charge in [0.1, 0.15) is 5.76 Å². The van der Waals surface area contributed by atoms with Gasteiger partial charge in [0.2, 0.25) is 0 Å². The van der Waals surface area contributed by atoms with Gasteiger partial charge < -0.3 is 14.5 Å². The molecule has 5 nitrogen and oxygen atoms in total. The molecule has 3 rings (SSSR count). The van der Waals surface area contributed by atoms with Crippen LogP contribution in [-0.4, -0.2) is 31.1 Å². The van der Waals surface area contributed by atoms with Crippen molar-refractivity contribution in [1.29, 1.82) is 0 Å². The fourth-order valence-electron chi connectivity index (χ4n) is 3.12. The van der Waals surface area contributed by atoms with Crippen molar-refractivity contribution >= 4 is 5.91 Å². The lowest BCUT2D eigenvalue weighted by Gasteiger charge is -2.21. The lowest BCUT2D eigenvalue weighted by atomic mass is 10.1. The Bertz CT molecular complexity index is 888. The molecule has 1 heterocycles. The van der Waals surface area contributed by atoms with Gasteiger partial charge in [-0.2, -0.15) is 0 Å². The van der Waals surface area contributed by atoms with E-state index in [0.717, 1.165) is 18.8 Å². The molecule has 0 aliphatic carbocycles. The van der Waals surface area contributed by atoms with E-state index in [4.69, 9.17) is 9.15 Å². The summed E-state index contributed by atoms with van der Waals surface area (Å²) >= 11 is 0. The summed E-state index contributed by atoms with van der Waals surface area (Å²) in [7, 11) is 1.60. The number of benzene rings is 2. The molecule has 2 aromatic carbocycles. The van der Waals surface area contributed by atoms with Crippen LogP contribution in [0.15, 0.2) is 71.1 Å². The number of carbonyl (C=O) groups is 1. The standard InChI is InChI=1S/C24H28N2O3/c1-19-8-10-21(11-9-19)17-26(16-20-6-4-3-5-7-20)18-22-12-13-23(29-22)24(27)25-14-15-28-2/h3-13H,14-18H2,1-2H3,(H,25,27). The second-order valence-corrected chi connectivity index (χ2v) is 7.13. The maximum Gasteiger partial charge on any atom is 0.287 e. The number of amides is 1. The molecule has 0 saturated carbocycles. The molecule has 0 aliphatic heterocycles. The molecule has 0 saturated heterocycles. The molecular formula is C24H28N2O3. The Hall–Kier alpha value is -2.89. The number of aryl methyl sites for hydroxylation is 1. The van der Waals surface area contributed by atoms with Gasteiger partial charge in [-0.3, -0.25) is 9.69 Å². The average Bonchev–Trinajstić information content (AvgIpc) is 3.19. The Kier molecular flexibility index (Phi) is 7.61. The van der Waals surface area contributed by atoms with Crippen molar-refractivity contribution in [1.82, 2.24) is 10.2 Å². The average molecular weight is 392 g/mol. The van der Waals surface area contributed by atoms with Gasteiger partial charge in [0.25, 0.3) is 5.91 Å². The summed E-state index contributed by atoms with van der Waals surface area (Å²) < 4.78 is 10.8. The number of rotatable bonds is 10. The zero-order valence-electron chi connectivity index (χ0n) is 17.1. The fourth-order valence-corrected chi connectivity index (χ4v) is 3.12. The van der Waals surface area contributed by atoms with E-state index < -0.39 is 0 Å². The molecule has 5 heteroatoms. The van der Waals surface area contributed by atoms with E-state index in [-0.39, 0.29) is 5.91 Å². The van der Waals surface area contributed by atoms with Crippen LogP contribution in [0.3, 0.4) is 0 Å². The Morgan fingerprint density at radius 2 is 1.62 bits per heavy atom. The van der Waals surface area contributed by atoms with Crippen molar-refractivity contribution in [2.45, 2.75) is 26.6 Å². The molecule has 29 heavy (non-hydrogen) atoms. The summed E-state index contributed by atoms with van der Waals surface area (Å²) in [5.41, 5.74) is 3.73. The zero-order chi connectivity index (χ0) is 20.5. The first-order chi connectivity index (χ1) is 14.1. The van der Waals surface area contributed by atoms with E-state index in [1.165, 1.54) is 16.7 Å². The minimum absolute atomic E-state index is 0.221. The SMILES string of the molecule is COCCNC(=O)c1ccc(CN(Cc2ccccc2)Cc2ccc(C)cc2)o1. The Morgan fingerprint density at radius 1 is 0.931 bits per heavy atom. The van der Waals surface area contributed by atoms with Gasteiger partial charge in [0.05, 0.1) is 13.2 Å². The molecule has 1 N–H and O–H groups in total. The van der Waals surface area contributed by atoms with E-state index in [1.54, 1.807) is 13.2 Å². The summed E-state index contributed by atoms with van der Waals surface area (Å²) in [5.74, 6) is 0.873. The molecule has 0 fully saturated rings. The second kappa shape index (κ2) is 10.6. The molecule has 1 amide bonds. The van der Waals surface area contributed by atoms with E-state index in [1.807, 2.05) is 12.1 Å². The predicted octanol–water partition coefficient (Wildman–Crippen LogP) is 4.17. The number of carbonyl (C=O) groups excluding carboxylic acids is 1. The lowest BCUT2D eigenvalue weighted by molar-refractivity contribution is 0.0905. The summed E-state index contributed by atoms with van der Waals surface area (Å²) in [6.45, 7) is 5.23. The van der Waals surface area contributed by atoms with E-state index in [9.17, 15) is 4.79 Å². The number of furan rings is 1. The Morgan fingerprint density at radius 3 is 2.31 bits per heavy atom. The van der Waals surface area contributed by atoms with Crippen molar-refractivity contribution in [2.75, 3.05) is 20.3 Å². The lowest BCUT2D eigenvalue weighted by Crippen LogP contribution is -2.26. The molecule has 1 aromatic heterocycles. The minimum Gasteiger partial charge on any atom is -0.455 e. The zero-order valence-corrected chi connectivity index (χ0v) is 17.1. The molecular weight excluding hydrogens is 364 g/mol. The highest BCUT2D eigenvalue weighted by atomic mass is 16.5. The topological polar surface area (TPSA) is 54.7 Å². The van der Waals surface area contributed by atoms with Gasteiger partial charge in [-0.25, -0.2) is 0 Å². The number of methoxy groups -OCH3 is 1. The Balaban J connectivity index is 1.69. The molecule has 152 valence electrons. The highest BCUT2D eigenvalue weighted by Crippen LogP contribution is 2.17. The van der Waals surface area contributed by atoms with Crippen LogP contribution in [0.4, 0.5) is 0 Å². The maximum atomic E-state index is 12.2. The number of ether oxygens (including phenoxy) is 1. The molecule has 0 bridgehead atoms. The van der Waals surface area contributed by atoms with Gasteiger partial charge >= 0.3 is 0 Å². The van der Waals surface area contributed by atoms with Crippen LogP contribution in [0, 0.1) is 6.92 Å². The Labute approximate surface area is 172 Å². The monoisotopic (exact) mass is 392 g/mol. The summed E-state index contributed by atoms with van der Waals surface area (Å²) in [4.78, 5) is 14.5. The van der Waals surface area contributed by atoms with E-state index >= 15 is 0 Å². The second-order valence-electron chi connectivity index (χ2n) is 7.13. The minimum atomic E-state index is -0.221. The van der Waals surface area contributed by atoms with Gasteiger partial charge in [-0.1, -0.05) is 60.2 Å². The van der Waals surface area contributed by atoms with Crippen LogP contribution in [-0.2, 0) is 24.4 Å². The van der Waals surface area contributed by atoms with Gasteiger partial charge in [-0.05, 0) is 30.2 Å². The van der Waals surface area contributed by atoms with Crippen LogP contribution in [0.5, 0.6) is 0 Å². The number of hydrogen-bond donors (Lipinski definition) is 1. The molecule has 0 spiro atoms. The normalized spacial score (nSPS) is 11.0. The molecule has 0 atom stereocenters. The van der Waals surface area contributed by atoms with Crippen LogP contribution < -0.4 is 5.32 Å². The van der Waals surface area contributed by atoms with Crippen molar-refractivity contribution in [2.24, 2.45) is 0 Å². The first-order valence-corrected chi connectivity index (χ1v) is 9.81. The fraction of sp³-hybridized carbons (Fsp3) is 0.292. The first-order valence-electron chi connectivity index (χ1n) is 9.81. The number of hydrogen-bond acceptors (Lipinski definition) is 4. The van der Waals surface area contributed by atoms with E-state index in [0.29, 0.717) is 25.5 Å². The summed E-state index contributed by atoms with van der Waals surface area (Å²) in [6, 6.07) is 22.5. The van der Waals surface area contributed by atoms with Crippen LogP contribution in [0.2, 0.25) is 0 Å². The predicted molar refractivity (Wildman–Crippen MR) is 113 cm³/mol. The molecule has 0 radical (unpaired) electrons. The van der Waals surface area contributed by atoms with E-state index in [2.05, 4.69) is 65.7 Å². The highest BCUT2D eigenvalue weighted by Gasteiger charge is 2.14.